The molecule has 1 atom stereocenters. The Kier molecular flexibility index (Phi) is 9.35. The number of hydrogen-bond donors (Lipinski definition) is 1. The molecule has 0 unspecified atom stereocenters. The number of aryl methyl sites for hydroxylation is 1. The van der Waals surface area contributed by atoms with Gasteiger partial charge in [-0.2, -0.15) is 5.10 Å². The molecule has 1 N–H and O–H groups in total. The molecule has 0 saturated carbocycles. The van der Waals surface area contributed by atoms with Gasteiger partial charge in [0.15, 0.2) is 0 Å². The van der Waals surface area contributed by atoms with E-state index in [0.717, 1.165) is 62.0 Å². The van der Waals surface area contributed by atoms with Crippen molar-refractivity contribution in [1.82, 2.24) is 19.6 Å². The number of para-hydroxylation sites is 1. The first-order valence-corrected chi connectivity index (χ1v) is 12.7. The molecule has 1 fully saturated rings. The minimum absolute atomic E-state index is 0.443. The van der Waals surface area contributed by atoms with Gasteiger partial charge in [-0.1, -0.05) is 31.2 Å². The van der Waals surface area contributed by atoms with Gasteiger partial charge in [-0.15, -0.1) is 0 Å². The second-order valence-electron chi connectivity index (χ2n) is 9.20. The molecule has 1 aromatic heterocycles. The Balaban J connectivity index is 1.59. The van der Waals surface area contributed by atoms with Crippen LogP contribution in [0.3, 0.4) is 0 Å². The second kappa shape index (κ2) is 12.9. The van der Waals surface area contributed by atoms with E-state index in [1.165, 1.54) is 0 Å². The third-order valence-corrected chi connectivity index (χ3v) is 6.36. The van der Waals surface area contributed by atoms with Gasteiger partial charge < -0.3 is 19.3 Å². The predicted molar refractivity (Wildman–Crippen MR) is 140 cm³/mol. The van der Waals surface area contributed by atoms with Crippen molar-refractivity contribution in [2.24, 2.45) is 0 Å². The molecule has 3 aromatic rings. The van der Waals surface area contributed by atoms with E-state index >= 15 is 0 Å². The summed E-state index contributed by atoms with van der Waals surface area (Å²) in [5, 5.41) is 15.8. The summed E-state index contributed by atoms with van der Waals surface area (Å²) >= 11 is 0. The molecule has 0 radical (unpaired) electrons. The summed E-state index contributed by atoms with van der Waals surface area (Å²) in [5.41, 5.74) is 2.84. The number of methoxy groups -OCH3 is 1. The third kappa shape index (κ3) is 6.85. The second-order valence-corrected chi connectivity index (χ2v) is 9.20. The number of rotatable bonds is 12. The molecule has 1 aliphatic rings. The minimum atomic E-state index is -0.443. The van der Waals surface area contributed by atoms with Crippen LogP contribution in [0.5, 0.6) is 17.4 Å². The molecule has 0 aliphatic carbocycles. The molecule has 8 heteroatoms. The summed E-state index contributed by atoms with van der Waals surface area (Å²) in [6, 6.07) is 17.6. The summed E-state index contributed by atoms with van der Waals surface area (Å²) in [7, 11) is 1.65. The van der Waals surface area contributed by atoms with Crippen molar-refractivity contribution in [3.63, 3.8) is 0 Å². The van der Waals surface area contributed by atoms with E-state index in [9.17, 15) is 5.11 Å². The Labute approximate surface area is 214 Å². The number of benzene rings is 2. The molecule has 0 spiro atoms. The van der Waals surface area contributed by atoms with Crippen LogP contribution in [-0.4, -0.2) is 83.8 Å². The molecule has 1 saturated heterocycles. The molecule has 4 rings (SSSR count). The quantitative estimate of drug-likeness (QED) is 0.410. The molecule has 1 aliphatic heterocycles. The van der Waals surface area contributed by atoms with Gasteiger partial charge in [0.05, 0.1) is 43.4 Å². The standard InChI is InChI=1S/C28H38N4O4/c1-4-13-31(20-24(33)19-30-14-16-35-17-15-30)21-27-22(2)29-32(23-9-6-5-7-10-23)28(27)36-26-12-8-11-25(18-26)34-3/h5-12,18,24,33H,4,13-17,19-21H2,1-3H3/t24-/m0/s1. The highest BCUT2D eigenvalue weighted by Crippen LogP contribution is 2.33. The van der Waals surface area contributed by atoms with Crippen LogP contribution in [0.4, 0.5) is 0 Å². The summed E-state index contributed by atoms with van der Waals surface area (Å²) in [4.78, 5) is 4.57. The number of ether oxygens (including phenoxy) is 3. The van der Waals surface area contributed by atoms with Crippen LogP contribution in [-0.2, 0) is 11.3 Å². The van der Waals surface area contributed by atoms with Gasteiger partial charge in [0, 0.05) is 38.8 Å². The average molecular weight is 495 g/mol. The van der Waals surface area contributed by atoms with Crippen LogP contribution in [0.1, 0.15) is 24.6 Å². The Morgan fingerprint density at radius 2 is 1.83 bits per heavy atom. The van der Waals surface area contributed by atoms with Gasteiger partial charge in [0.2, 0.25) is 5.88 Å². The topological polar surface area (TPSA) is 72.2 Å². The summed E-state index contributed by atoms with van der Waals surface area (Å²) in [5.74, 6) is 2.09. The van der Waals surface area contributed by atoms with Gasteiger partial charge in [-0.25, -0.2) is 4.68 Å². The maximum absolute atomic E-state index is 10.9. The van der Waals surface area contributed by atoms with E-state index in [2.05, 4.69) is 16.7 Å². The average Bonchev–Trinajstić information content (AvgIpc) is 3.20. The molecule has 2 heterocycles. The zero-order valence-corrected chi connectivity index (χ0v) is 21.6. The van der Waals surface area contributed by atoms with Crippen LogP contribution in [0, 0.1) is 6.92 Å². The van der Waals surface area contributed by atoms with E-state index in [1.807, 2.05) is 66.2 Å². The highest BCUT2D eigenvalue weighted by Gasteiger charge is 2.23. The lowest BCUT2D eigenvalue weighted by Crippen LogP contribution is -2.44. The number of hydrogen-bond acceptors (Lipinski definition) is 7. The molecular formula is C28H38N4O4. The van der Waals surface area contributed by atoms with E-state index in [-0.39, 0.29) is 0 Å². The van der Waals surface area contributed by atoms with Crippen LogP contribution < -0.4 is 9.47 Å². The van der Waals surface area contributed by atoms with Crippen LogP contribution in [0.2, 0.25) is 0 Å². The highest BCUT2D eigenvalue weighted by molar-refractivity contribution is 5.44. The van der Waals surface area contributed by atoms with Crippen molar-refractivity contribution >= 4 is 0 Å². The number of morpholine rings is 1. The first kappa shape index (κ1) is 26.2. The normalized spacial score (nSPS) is 15.2. The van der Waals surface area contributed by atoms with E-state index in [0.29, 0.717) is 31.3 Å². The Morgan fingerprint density at radius 1 is 1.08 bits per heavy atom. The van der Waals surface area contributed by atoms with Crippen molar-refractivity contribution in [3.8, 4) is 23.1 Å². The van der Waals surface area contributed by atoms with Gasteiger partial charge in [-0.3, -0.25) is 9.80 Å². The molecule has 0 amide bonds. The van der Waals surface area contributed by atoms with Crippen molar-refractivity contribution < 1.29 is 19.3 Å². The summed E-state index contributed by atoms with van der Waals surface area (Å²) in [6.07, 6.45) is 0.546. The molecule has 36 heavy (non-hydrogen) atoms. The van der Waals surface area contributed by atoms with E-state index < -0.39 is 6.10 Å². The van der Waals surface area contributed by atoms with E-state index in [4.69, 9.17) is 19.3 Å². The lowest BCUT2D eigenvalue weighted by molar-refractivity contribution is 0.00622. The number of aromatic nitrogens is 2. The smallest absolute Gasteiger partial charge is 0.227 e. The van der Waals surface area contributed by atoms with Gasteiger partial charge >= 0.3 is 0 Å². The Bertz CT molecular complexity index is 1080. The fraction of sp³-hybridized carbons (Fsp3) is 0.464. The largest absolute Gasteiger partial charge is 0.497 e. The molecule has 8 nitrogen and oxygen atoms in total. The van der Waals surface area contributed by atoms with Gasteiger partial charge in [0.1, 0.15) is 11.5 Å². The van der Waals surface area contributed by atoms with Crippen LogP contribution in [0.25, 0.3) is 5.69 Å². The Hall–Kier alpha value is -2.91. The monoisotopic (exact) mass is 494 g/mol. The summed E-state index contributed by atoms with van der Waals surface area (Å²) < 4.78 is 19.2. The van der Waals surface area contributed by atoms with Crippen molar-refractivity contribution in [3.05, 3.63) is 65.9 Å². The third-order valence-electron chi connectivity index (χ3n) is 6.36. The maximum atomic E-state index is 10.9. The first-order valence-electron chi connectivity index (χ1n) is 12.7. The van der Waals surface area contributed by atoms with Crippen molar-refractivity contribution in [1.29, 1.82) is 0 Å². The molecule has 2 aromatic carbocycles. The molecule has 0 bridgehead atoms. The zero-order chi connectivity index (χ0) is 25.3. The lowest BCUT2D eigenvalue weighted by atomic mass is 10.2. The van der Waals surface area contributed by atoms with Crippen molar-refractivity contribution in [2.45, 2.75) is 32.9 Å². The van der Waals surface area contributed by atoms with E-state index in [1.54, 1.807) is 7.11 Å². The SMILES string of the molecule is CCCN(Cc1c(C)nn(-c2ccccc2)c1Oc1cccc(OC)c1)C[C@@H](O)CN1CCOCC1. The zero-order valence-electron chi connectivity index (χ0n) is 21.6. The summed E-state index contributed by atoms with van der Waals surface area (Å²) in [6.45, 7) is 10.1. The number of aliphatic hydroxyl groups is 1. The lowest BCUT2D eigenvalue weighted by Gasteiger charge is -2.31. The molecular weight excluding hydrogens is 456 g/mol. The number of nitrogens with zero attached hydrogens (tertiary/aromatic N) is 4. The van der Waals surface area contributed by atoms with Gasteiger partial charge in [-0.05, 0) is 44.2 Å². The Morgan fingerprint density at radius 3 is 2.56 bits per heavy atom. The fourth-order valence-corrected chi connectivity index (χ4v) is 4.56. The predicted octanol–water partition coefficient (Wildman–Crippen LogP) is 3.89. The van der Waals surface area contributed by atoms with Gasteiger partial charge in [0.25, 0.3) is 0 Å². The first-order chi connectivity index (χ1) is 17.6. The maximum Gasteiger partial charge on any atom is 0.227 e. The minimum Gasteiger partial charge on any atom is -0.497 e. The van der Waals surface area contributed by atoms with Crippen LogP contribution in [0.15, 0.2) is 54.6 Å². The number of β-amino-alcohol motifs (C(OH)–C–C–N with tert-alkyl or cyclic N) is 1. The van der Waals surface area contributed by atoms with Crippen molar-refractivity contribution in [2.75, 3.05) is 53.0 Å². The highest BCUT2D eigenvalue weighted by atomic mass is 16.5. The number of aliphatic hydroxyl groups excluding tert-OH is 1. The molecule has 194 valence electrons. The fourth-order valence-electron chi connectivity index (χ4n) is 4.56. The van der Waals surface area contributed by atoms with Crippen LogP contribution >= 0.6 is 0 Å².